The first kappa shape index (κ1) is 14.1. The Balaban J connectivity index is 1.96. The molecule has 0 spiro atoms. The van der Waals surface area contributed by atoms with Crippen molar-refractivity contribution < 1.29 is 17.9 Å². The fourth-order valence-corrected chi connectivity index (χ4v) is 4.13. The van der Waals surface area contributed by atoms with Crippen molar-refractivity contribution in [3.8, 4) is 0 Å². The van der Waals surface area contributed by atoms with E-state index in [2.05, 4.69) is 4.72 Å². The van der Waals surface area contributed by atoms with E-state index >= 15 is 0 Å². The van der Waals surface area contributed by atoms with E-state index in [4.69, 9.17) is 9.52 Å². The molecule has 3 rings (SSSR count). The minimum absolute atomic E-state index is 0.0389. The third-order valence-corrected chi connectivity index (χ3v) is 5.46. The van der Waals surface area contributed by atoms with Crippen molar-refractivity contribution in [1.29, 1.82) is 0 Å². The first-order valence-electron chi connectivity index (χ1n) is 6.20. The second-order valence-corrected chi connectivity index (χ2v) is 7.17. The quantitative estimate of drug-likeness (QED) is 0.773. The number of aliphatic hydroxyl groups excluding tert-OH is 1. The van der Waals surface area contributed by atoms with Gasteiger partial charge in [-0.25, -0.2) is 8.42 Å². The Morgan fingerprint density at radius 3 is 2.81 bits per heavy atom. The predicted octanol–water partition coefficient (Wildman–Crippen LogP) is 3.10. The van der Waals surface area contributed by atoms with Crippen molar-refractivity contribution >= 4 is 37.1 Å². The minimum Gasteiger partial charge on any atom is -0.462 e. The van der Waals surface area contributed by atoms with E-state index in [9.17, 15) is 8.42 Å². The molecule has 7 heteroatoms. The SMILES string of the molecule is Cc1oc(CO)cc1S(=O)(=O)Nc1ccc2sccc2c1. The summed E-state index contributed by atoms with van der Waals surface area (Å²) < 4.78 is 33.6. The molecule has 0 atom stereocenters. The van der Waals surface area contributed by atoms with Gasteiger partial charge in [0.2, 0.25) is 0 Å². The van der Waals surface area contributed by atoms with Crippen LogP contribution >= 0.6 is 11.3 Å². The van der Waals surface area contributed by atoms with Gasteiger partial charge in [0.25, 0.3) is 10.0 Å². The lowest BCUT2D eigenvalue weighted by Crippen LogP contribution is -2.13. The lowest BCUT2D eigenvalue weighted by atomic mass is 10.2. The standard InChI is InChI=1S/C14H13NO4S2/c1-9-14(7-12(8-16)19-9)21(17,18)15-11-2-3-13-10(6-11)4-5-20-13/h2-7,15-16H,8H2,1H3. The monoisotopic (exact) mass is 323 g/mol. The van der Waals surface area contributed by atoms with E-state index in [-0.39, 0.29) is 23.0 Å². The van der Waals surface area contributed by atoms with Gasteiger partial charge in [-0.3, -0.25) is 4.72 Å². The van der Waals surface area contributed by atoms with Crippen LogP contribution in [0.2, 0.25) is 0 Å². The zero-order chi connectivity index (χ0) is 15.0. The molecule has 0 radical (unpaired) electrons. The molecule has 0 aliphatic rings. The zero-order valence-electron chi connectivity index (χ0n) is 11.2. The molecule has 0 amide bonds. The van der Waals surface area contributed by atoms with Gasteiger partial charge in [-0.1, -0.05) is 0 Å². The summed E-state index contributed by atoms with van der Waals surface area (Å²) in [5.74, 6) is 0.476. The highest BCUT2D eigenvalue weighted by molar-refractivity contribution is 7.92. The summed E-state index contributed by atoms with van der Waals surface area (Å²) >= 11 is 1.60. The van der Waals surface area contributed by atoms with Gasteiger partial charge >= 0.3 is 0 Å². The predicted molar refractivity (Wildman–Crippen MR) is 82.0 cm³/mol. The number of aryl methyl sites for hydroxylation is 1. The number of anilines is 1. The van der Waals surface area contributed by atoms with Crippen LogP contribution in [-0.2, 0) is 16.6 Å². The topological polar surface area (TPSA) is 79.5 Å². The molecule has 21 heavy (non-hydrogen) atoms. The number of furan rings is 1. The highest BCUT2D eigenvalue weighted by Gasteiger charge is 2.21. The smallest absolute Gasteiger partial charge is 0.265 e. The Bertz CT molecular complexity index is 893. The first-order chi connectivity index (χ1) is 9.99. The van der Waals surface area contributed by atoms with Gasteiger partial charge in [0.1, 0.15) is 23.0 Å². The van der Waals surface area contributed by atoms with Crippen LogP contribution < -0.4 is 4.72 Å². The summed E-state index contributed by atoms with van der Waals surface area (Å²) in [6.07, 6.45) is 0. The van der Waals surface area contributed by atoms with E-state index in [0.717, 1.165) is 10.1 Å². The largest absolute Gasteiger partial charge is 0.462 e. The number of aliphatic hydroxyl groups is 1. The number of hydrogen-bond acceptors (Lipinski definition) is 5. The lowest BCUT2D eigenvalue weighted by Gasteiger charge is -2.07. The number of hydrogen-bond donors (Lipinski definition) is 2. The summed E-state index contributed by atoms with van der Waals surface area (Å²) in [5, 5.41) is 12.0. The van der Waals surface area contributed by atoms with Crippen LogP contribution in [-0.4, -0.2) is 13.5 Å². The van der Waals surface area contributed by atoms with E-state index in [0.29, 0.717) is 5.69 Å². The van der Waals surface area contributed by atoms with Crippen molar-refractivity contribution in [2.75, 3.05) is 4.72 Å². The third kappa shape index (κ3) is 2.67. The molecule has 2 heterocycles. The highest BCUT2D eigenvalue weighted by atomic mass is 32.2. The normalized spacial score (nSPS) is 11.9. The second kappa shape index (κ2) is 5.18. The Hall–Kier alpha value is -1.83. The van der Waals surface area contributed by atoms with Crippen LogP contribution in [0.25, 0.3) is 10.1 Å². The minimum atomic E-state index is -3.74. The van der Waals surface area contributed by atoms with Crippen LogP contribution in [0.5, 0.6) is 0 Å². The Morgan fingerprint density at radius 2 is 2.10 bits per heavy atom. The fraction of sp³-hybridized carbons (Fsp3) is 0.143. The van der Waals surface area contributed by atoms with Gasteiger partial charge in [0.05, 0.1) is 0 Å². The van der Waals surface area contributed by atoms with Crippen molar-refractivity contribution in [1.82, 2.24) is 0 Å². The first-order valence-corrected chi connectivity index (χ1v) is 8.56. The van der Waals surface area contributed by atoms with E-state index < -0.39 is 10.0 Å². The molecule has 0 aliphatic carbocycles. The van der Waals surface area contributed by atoms with Gasteiger partial charge in [0.15, 0.2) is 0 Å². The molecule has 5 nitrogen and oxygen atoms in total. The van der Waals surface area contributed by atoms with Crippen molar-refractivity contribution in [2.24, 2.45) is 0 Å². The van der Waals surface area contributed by atoms with Gasteiger partial charge in [0, 0.05) is 16.5 Å². The summed E-state index contributed by atoms with van der Waals surface area (Å²) in [6, 6.07) is 8.65. The molecule has 1 aromatic carbocycles. The van der Waals surface area contributed by atoms with Crippen LogP contribution in [0.1, 0.15) is 11.5 Å². The number of fused-ring (bicyclic) bond motifs is 1. The van der Waals surface area contributed by atoms with Gasteiger partial charge in [-0.05, 0) is 42.0 Å². The van der Waals surface area contributed by atoms with E-state index in [1.54, 1.807) is 30.4 Å². The van der Waals surface area contributed by atoms with E-state index in [1.165, 1.54) is 6.07 Å². The maximum absolute atomic E-state index is 12.4. The zero-order valence-corrected chi connectivity index (χ0v) is 12.8. The fourth-order valence-electron chi connectivity index (χ4n) is 2.11. The van der Waals surface area contributed by atoms with Crippen molar-refractivity contribution in [2.45, 2.75) is 18.4 Å². The van der Waals surface area contributed by atoms with Crippen LogP contribution in [0.15, 0.2) is 45.0 Å². The highest BCUT2D eigenvalue weighted by Crippen LogP contribution is 2.27. The molecule has 2 N–H and O–H groups in total. The van der Waals surface area contributed by atoms with Crippen LogP contribution in [0.4, 0.5) is 5.69 Å². The molecular formula is C14H13NO4S2. The van der Waals surface area contributed by atoms with Crippen molar-refractivity contribution in [3.05, 3.63) is 47.2 Å². The van der Waals surface area contributed by atoms with Crippen molar-refractivity contribution in [3.63, 3.8) is 0 Å². The Labute approximate surface area is 125 Å². The maximum Gasteiger partial charge on any atom is 0.265 e. The molecular weight excluding hydrogens is 310 g/mol. The molecule has 0 aliphatic heterocycles. The Kier molecular flexibility index (Phi) is 3.48. The number of nitrogens with one attached hydrogen (secondary N) is 1. The molecule has 3 aromatic rings. The second-order valence-electron chi connectivity index (χ2n) is 4.57. The lowest BCUT2D eigenvalue weighted by molar-refractivity contribution is 0.245. The maximum atomic E-state index is 12.4. The van der Waals surface area contributed by atoms with Gasteiger partial charge in [-0.15, -0.1) is 11.3 Å². The van der Waals surface area contributed by atoms with E-state index in [1.807, 2.05) is 17.5 Å². The molecule has 0 fully saturated rings. The van der Waals surface area contributed by atoms with Crippen LogP contribution in [0, 0.1) is 6.92 Å². The molecule has 0 bridgehead atoms. The molecule has 0 saturated heterocycles. The Morgan fingerprint density at radius 1 is 1.29 bits per heavy atom. The summed E-state index contributed by atoms with van der Waals surface area (Å²) in [7, 11) is -3.74. The summed E-state index contributed by atoms with van der Waals surface area (Å²) in [6.45, 7) is 1.22. The molecule has 2 aromatic heterocycles. The van der Waals surface area contributed by atoms with Crippen LogP contribution in [0.3, 0.4) is 0 Å². The summed E-state index contributed by atoms with van der Waals surface area (Å²) in [4.78, 5) is 0.0389. The van der Waals surface area contributed by atoms with Gasteiger partial charge in [-0.2, -0.15) is 0 Å². The van der Waals surface area contributed by atoms with Gasteiger partial charge < -0.3 is 9.52 Å². The summed E-state index contributed by atoms with van der Waals surface area (Å²) in [5.41, 5.74) is 0.493. The third-order valence-electron chi connectivity index (χ3n) is 3.07. The molecule has 110 valence electrons. The number of benzene rings is 1. The average molecular weight is 323 g/mol. The molecule has 0 saturated carbocycles. The molecule has 0 unspecified atom stereocenters. The number of rotatable bonds is 4. The number of thiophene rings is 1. The average Bonchev–Trinajstić information content (AvgIpc) is 3.04. The number of sulfonamides is 1.